The van der Waals surface area contributed by atoms with Crippen molar-refractivity contribution in [1.29, 1.82) is 0 Å². The molecule has 0 bridgehead atoms. The molecule has 0 fully saturated rings. The maximum atomic E-state index is 12.5. The van der Waals surface area contributed by atoms with E-state index in [-0.39, 0.29) is 31.1 Å². The minimum atomic E-state index is -3.64. The van der Waals surface area contributed by atoms with Crippen molar-refractivity contribution in [3.8, 4) is 0 Å². The van der Waals surface area contributed by atoms with E-state index in [4.69, 9.17) is 10.8 Å². The van der Waals surface area contributed by atoms with E-state index in [0.717, 1.165) is 5.56 Å². The van der Waals surface area contributed by atoms with Gasteiger partial charge in [0, 0.05) is 19.6 Å². The molecule has 1 aromatic rings. The first-order chi connectivity index (χ1) is 8.97. The number of nitrogens with two attached hydrogens (primary N) is 1. The summed E-state index contributed by atoms with van der Waals surface area (Å²) in [5.41, 5.74) is 6.95. The van der Waals surface area contributed by atoms with Crippen molar-refractivity contribution in [3.63, 3.8) is 0 Å². The van der Waals surface area contributed by atoms with E-state index < -0.39 is 10.0 Å². The number of aliphatic hydroxyl groups excluding tert-OH is 1. The van der Waals surface area contributed by atoms with Gasteiger partial charge in [-0.1, -0.05) is 18.2 Å². The summed E-state index contributed by atoms with van der Waals surface area (Å²) in [4.78, 5) is 0.228. The van der Waals surface area contributed by atoms with Gasteiger partial charge in [0.1, 0.15) is 0 Å². The molecule has 0 saturated heterocycles. The molecule has 19 heavy (non-hydrogen) atoms. The Balaban J connectivity index is 3.27. The minimum absolute atomic E-state index is 0.0423. The van der Waals surface area contributed by atoms with Crippen LogP contribution in [0.2, 0.25) is 0 Å². The highest BCUT2D eigenvalue weighted by Crippen LogP contribution is 2.21. The average Bonchev–Trinajstić information content (AvgIpc) is 2.39. The first kappa shape index (κ1) is 15.8. The zero-order valence-corrected chi connectivity index (χ0v) is 11.9. The zero-order chi connectivity index (χ0) is 14.5. The number of aryl methyl sites for hydroxylation is 1. The monoisotopic (exact) mass is 284 g/mol. The summed E-state index contributed by atoms with van der Waals surface area (Å²) in [6, 6.07) is 5.12. The number of aliphatic hydroxyl groups is 1. The van der Waals surface area contributed by atoms with Gasteiger partial charge in [-0.3, -0.25) is 0 Å². The molecule has 0 atom stereocenters. The fourth-order valence-corrected chi connectivity index (χ4v) is 3.43. The van der Waals surface area contributed by atoms with Crippen LogP contribution in [-0.4, -0.2) is 37.5 Å². The topological polar surface area (TPSA) is 83.6 Å². The van der Waals surface area contributed by atoms with Crippen molar-refractivity contribution in [2.45, 2.75) is 18.4 Å². The lowest BCUT2D eigenvalue weighted by Crippen LogP contribution is -2.34. The molecule has 6 heteroatoms. The van der Waals surface area contributed by atoms with Crippen LogP contribution in [0.3, 0.4) is 0 Å². The molecule has 0 aliphatic rings. The first-order valence-corrected chi connectivity index (χ1v) is 7.43. The molecule has 106 valence electrons. The molecule has 5 nitrogen and oxygen atoms in total. The first-order valence-electron chi connectivity index (χ1n) is 5.99. The van der Waals surface area contributed by atoms with Crippen molar-refractivity contribution >= 4 is 10.0 Å². The van der Waals surface area contributed by atoms with E-state index in [1.165, 1.54) is 10.4 Å². The summed E-state index contributed by atoms with van der Waals surface area (Å²) in [5.74, 6) is 0. The van der Waals surface area contributed by atoms with Crippen molar-refractivity contribution < 1.29 is 13.5 Å². The maximum absolute atomic E-state index is 12.5. The highest BCUT2D eigenvalue weighted by molar-refractivity contribution is 7.89. The van der Waals surface area contributed by atoms with Gasteiger partial charge in [0.15, 0.2) is 0 Å². The van der Waals surface area contributed by atoms with Gasteiger partial charge in [-0.15, -0.1) is 6.58 Å². The summed E-state index contributed by atoms with van der Waals surface area (Å²) in [6.45, 7) is 5.53. The van der Waals surface area contributed by atoms with Gasteiger partial charge < -0.3 is 10.8 Å². The van der Waals surface area contributed by atoms with Gasteiger partial charge in [-0.2, -0.15) is 4.31 Å². The third-order valence-electron chi connectivity index (χ3n) is 2.79. The Bertz CT molecular complexity index is 541. The molecule has 0 amide bonds. The third-order valence-corrected chi connectivity index (χ3v) is 4.80. The minimum Gasteiger partial charge on any atom is -0.395 e. The van der Waals surface area contributed by atoms with Crippen molar-refractivity contribution in [2.75, 3.05) is 19.7 Å². The molecule has 1 rings (SSSR count). The number of benzene rings is 1. The lowest BCUT2D eigenvalue weighted by molar-refractivity contribution is 0.260. The number of sulfonamides is 1. The Labute approximate surface area is 114 Å². The molecular formula is C13H20N2O3S. The molecule has 0 radical (unpaired) electrons. The van der Waals surface area contributed by atoms with Crippen LogP contribution in [0, 0.1) is 6.92 Å². The Kier molecular flexibility index (Phi) is 5.68. The summed E-state index contributed by atoms with van der Waals surface area (Å²) in [6.07, 6.45) is 1.50. The lowest BCUT2D eigenvalue weighted by Gasteiger charge is -2.21. The van der Waals surface area contributed by atoms with Gasteiger partial charge in [-0.05, 0) is 24.1 Å². The van der Waals surface area contributed by atoms with Gasteiger partial charge >= 0.3 is 0 Å². The standard InChI is InChI=1S/C13H20N2O3S/c1-3-6-15(7-8-16)19(17,18)13-9-12(10-14)5-4-11(13)2/h3-5,9,16H,1,6-8,10,14H2,2H3. The van der Waals surface area contributed by atoms with Crippen LogP contribution >= 0.6 is 0 Å². The van der Waals surface area contributed by atoms with Crippen LogP contribution in [0.5, 0.6) is 0 Å². The molecule has 0 saturated carbocycles. The highest BCUT2D eigenvalue weighted by atomic mass is 32.2. The van der Waals surface area contributed by atoms with E-state index in [9.17, 15) is 8.42 Å². The second-order valence-corrected chi connectivity index (χ2v) is 6.09. The van der Waals surface area contributed by atoms with E-state index in [1.54, 1.807) is 25.1 Å². The summed E-state index contributed by atoms with van der Waals surface area (Å²) in [7, 11) is -3.64. The molecular weight excluding hydrogens is 264 g/mol. The molecule has 0 unspecified atom stereocenters. The Hall–Kier alpha value is -1.21. The van der Waals surface area contributed by atoms with Crippen LogP contribution in [0.1, 0.15) is 11.1 Å². The van der Waals surface area contributed by atoms with Crippen LogP contribution in [0.25, 0.3) is 0 Å². The van der Waals surface area contributed by atoms with Gasteiger partial charge in [0.25, 0.3) is 0 Å². The highest BCUT2D eigenvalue weighted by Gasteiger charge is 2.24. The molecule has 0 aliphatic carbocycles. The second-order valence-electron chi connectivity index (χ2n) is 4.18. The van der Waals surface area contributed by atoms with E-state index in [0.29, 0.717) is 5.56 Å². The molecule has 0 heterocycles. The zero-order valence-electron chi connectivity index (χ0n) is 11.0. The Morgan fingerprint density at radius 1 is 1.47 bits per heavy atom. The van der Waals surface area contributed by atoms with Gasteiger partial charge in [-0.25, -0.2) is 8.42 Å². The lowest BCUT2D eigenvalue weighted by atomic mass is 10.1. The largest absolute Gasteiger partial charge is 0.395 e. The van der Waals surface area contributed by atoms with E-state index >= 15 is 0 Å². The summed E-state index contributed by atoms with van der Waals surface area (Å²) >= 11 is 0. The Morgan fingerprint density at radius 3 is 2.68 bits per heavy atom. The van der Waals surface area contributed by atoms with Crippen LogP contribution in [0.15, 0.2) is 35.7 Å². The number of nitrogens with zero attached hydrogens (tertiary/aromatic N) is 1. The average molecular weight is 284 g/mol. The fraction of sp³-hybridized carbons (Fsp3) is 0.385. The number of hydrogen-bond donors (Lipinski definition) is 2. The normalized spacial score (nSPS) is 11.8. The van der Waals surface area contributed by atoms with Crippen LogP contribution in [0.4, 0.5) is 0 Å². The van der Waals surface area contributed by atoms with E-state index in [1.807, 2.05) is 0 Å². The molecule has 3 N–H and O–H groups in total. The molecule has 0 spiro atoms. The molecule has 0 aromatic heterocycles. The second kappa shape index (κ2) is 6.81. The summed E-state index contributed by atoms with van der Waals surface area (Å²) < 4.78 is 26.3. The van der Waals surface area contributed by atoms with Crippen molar-refractivity contribution in [3.05, 3.63) is 42.0 Å². The molecule has 1 aromatic carbocycles. The van der Waals surface area contributed by atoms with Crippen molar-refractivity contribution in [1.82, 2.24) is 4.31 Å². The number of hydrogen-bond acceptors (Lipinski definition) is 4. The molecule has 0 aliphatic heterocycles. The smallest absolute Gasteiger partial charge is 0.243 e. The summed E-state index contributed by atoms with van der Waals surface area (Å²) in [5, 5.41) is 8.98. The maximum Gasteiger partial charge on any atom is 0.243 e. The Morgan fingerprint density at radius 2 is 2.16 bits per heavy atom. The van der Waals surface area contributed by atoms with E-state index in [2.05, 4.69) is 6.58 Å². The predicted octanol–water partition coefficient (Wildman–Crippen LogP) is 0.623. The third kappa shape index (κ3) is 3.63. The van der Waals surface area contributed by atoms with Gasteiger partial charge in [0.2, 0.25) is 10.0 Å². The SMILES string of the molecule is C=CCN(CCO)S(=O)(=O)c1cc(CN)ccc1C. The van der Waals surface area contributed by atoms with Gasteiger partial charge in [0.05, 0.1) is 11.5 Å². The number of rotatable bonds is 7. The predicted molar refractivity (Wildman–Crippen MR) is 75.1 cm³/mol. The quantitative estimate of drug-likeness (QED) is 0.719. The fourth-order valence-electron chi connectivity index (χ4n) is 1.75. The van der Waals surface area contributed by atoms with Crippen LogP contribution in [-0.2, 0) is 16.6 Å². The van der Waals surface area contributed by atoms with Crippen LogP contribution < -0.4 is 5.73 Å². The van der Waals surface area contributed by atoms with Crippen molar-refractivity contribution in [2.24, 2.45) is 5.73 Å².